The smallest absolute Gasteiger partial charge is 0.870 e. The minimum atomic E-state index is 0. The molecule has 3 nitrogen and oxygen atoms in total. The molecule has 4 N–H and O–H groups in total. The average Bonchev–Trinajstić information content (AvgIpc) is 0. The Morgan fingerprint density at radius 2 is 0.800 bits per heavy atom. The van der Waals surface area contributed by atoms with Crippen molar-refractivity contribution in [1.82, 2.24) is 0 Å². The molecule has 0 heterocycles. The zero-order valence-corrected chi connectivity index (χ0v) is 8.52. The maximum atomic E-state index is 0. The van der Waals surface area contributed by atoms with E-state index < -0.39 is 0 Å². The SMILES string of the molecule is O.[K+].[Na+].[OH-].[OH-]. The summed E-state index contributed by atoms with van der Waals surface area (Å²) in [6.07, 6.45) is 0. The van der Waals surface area contributed by atoms with E-state index in [0.29, 0.717) is 0 Å². The van der Waals surface area contributed by atoms with Crippen molar-refractivity contribution in [1.29, 1.82) is 0 Å². The van der Waals surface area contributed by atoms with Crippen molar-refractivity contribution < 1.29 is 97.4 Å². The summed E-state index contributed by atoms with van der Waals surface area (Å²) in [4.78, 5) is 0. The van der Waals surface area contributed by atoms with Crippen LogP contribution in [0.2, 0.25) is 0 Å². The van der Waals surface area contributed by atoms with Gasteiger partial charge in [-0.2, -0.15) is 0 Å². The Labute approximate surface area is 95.1 Å². The van der Waals surface area contributed by atoms with Gasteiger partial charge in [0.15, 0.2) is 0 Å². The number of hydrogen-bond acceptors (Lipinski definition) is 2. The summed E-state index contributed by atoms with van der Waals surface area (Å²) in [5, 5.41) is 0. The molecular weight excluding hydrogens is 110 g/mol. The maximum Gasteiger partial charge on any atom is 1.00 e. The van der Waals surface area contributed by atoms with E-state index in [1.807, 2.05) is 0 Å². The first-order chi connectivity index (χ1) is 0. The zero-order chi connectivity index (χ0) is 0. The first kappa shape index (κ1) is 50.4. The Bertz CT molecular complexity index is 6.85. The van der Waals surface area contributed by atoms with Crippen LogP contribution < -0.4 is 80.9 Å². The van der Waals surface area contributed by atoms with Crippen LogP contribution in [-0.2, 0) is 0 Å². The van der Waals surface area contributed by atoms with Gasteiger partial charge in [0.1, 0.15) is 0 Å². The van der Waals surface area contributed by atoms with Crippen LogP contribution in [0, 0.1) is 0 Å². The molecule has 0 bridgehead atoms. The Kier molecular flexibility index (Phi) is 316. The van der Waals surface area contributed by atoms with E-state index in [9.17, 15) is 0 Å². The molecule has 5 heavy (non-hydrogen) atoms. The van der Waals surface area contributed by atoms with Crippen LogP contribution >= 0.6 is 0 Å². The van der Waals surface area contributed by atoms with Crippen LogP contribution in [0.3, 0.4) is 0 Å². The minimum absolute atomic E-state index is 0. The standard InChI is InChI=1S/K.Na.3H2O/h;;3*1H2/q2*+1;;;/p-2. The van der Waals surface area contributed by atoms with E-state index in [1.54, 1.807) is 0 Å². The van der Waals surface area contributed by atoms with E-state index in [0.717, 1.165) is 0 Å². The predicted molar refractivity (Wildman–Crippen MR) is 7.49 cm³/mol. The third kappa shape index (κ3) is 21.0. The molecule has 0 aliphatic rings. The molecule has 0 aliphatic heterocycles. The van der Waals surface area contributed by atoms with Gasteiger partial charge in [0.25, 0.3) is 0 Å². The molecule has 0 aromatic heterocycles. The number of hydrogen-bond donors (Lipinski definition) is 0. The molecule has 0 rings (SSSR count). The van der Waals surface area contributed by atoms with Crippen molar-refractivity contribution in [3.05, 3.63) is 0 Å². The van der Waals surface area contributed by atoms with E-state index in [-0.39, 0.29) is 97.4 Å². The normalized spacial score (nSPS) is 0. The molecule has 0 aromatic rings. The summed E-state index contributed by atoms with van der Waals surface area (Å²) in [6.45, 7) is 0. The summed E-state index contributed by atoms with van der Waals surface area (Å²) in [7, 11) is 0. The Morgan fingerprint density at radius 1 is 0.800 bits per heavy atom. The van der Waals surface area contributed by atoms with Crippen LogP contribution in [0.4, 0.5) is 0 Å². The molecule has 0 aromatic carbocycles. The van der Waals surface area contributed by atoms with Crippen molar-refractivity contribution in [2.24, 2.45) is 0 Å². The van der Waals surface area contributed by atoms with E-state index in [2.05, 4.69) is 0 Å². The molecule has 0 spiro atoms. The minimum Gasteiger partial charge on any atom is -0.870 e. The van der Waals surface area contributed by atoms with Crippen LogP contribution in [0.25, 0.3) is 0 Å². The Hall–Kier alpha value is 2.52. The fourth-order valence-corrected chi connectivity index (χ4v) is 0. The van der Waals surface area contributed by atoms with Gasteiger partial charge in [-0.1, -0.05) is 0 Å². The van der Waals surface area contributed by atoms with Crippen LogP contribution in [0.1, 0.15) is 0 Å². The summed E-state index contributed by atoms with van der Waals surface area (Å²) >= 11 is 0. The second-order valence-electron chi connectivity index (χ2n) is 0. The van der Waals surface area contributed by atoms with Gasteiger partial charge in [-0.05, 0) is 0 Å². The van der Waals surface area contributed by atoms with Gasteiger partial charge >= 0.3 is 80.9 Å². The van der Waals surface area contributed by atoms with Gasteiger partial charge < -0.3 is 16.4 Å². The molecule has 0 aliphatic carbocycles. The number of rotatable bonds is 0. The second kappa shape index (κ2) is 31.3. The third-order valence-corrected chi connectivity index (χ3v) is 0. The Balaban J connectivity index is 0. The van der Waals surface area contributed by atoms with Crippen molar-refractivity contribution in [3.63, 3.8) is 0 Å². The van der Waals surface area contributed by atoms with Crippen molar-refractivity contribution >= 4 is 0 Å². The first-order valence-corrected chi connectivity index (χ1v) is 0. The fourth-order valence-electron chi connectivity index (χ4n) is 0. The molecule has 24 valence electrons. The predicted octanol–water partition coefficient (Wildman–Crippen LogP) is -7.17. The van der Waals surface area contributed by atoms with E-state index in [1.165, 1.54) is 0 Å². The van der Waals surface area contributed by atoms with E-state index in [4.69, 9.17) is 0 Å². The van der Waals surface area contributed by atoms with Gasteiger partial charge in [0.05, 0.1) is 0 Å². The molecular formula is H4KNaO3. The van der Waals surface area contributed by atoms with E-state index >= 15 is 0 Å². The van der Waals surface area contributed by atoms with Crippen LogP contribution in [0.15, 0.2) is 0 Å². The first-order valence-electron chi connectivity index (χ1n) is 0. The van der Waals surface area contributed by atoms with Gasteiger partial charge in [0, 0.05) is 0 Å². The average molecular weight is 114 g/mol. The summed E-state index contributed by atoms with van der Waals surface area (Å²) in [6, 6.07) is 0. The van der Waals surface area contributed by atoms with Crippen molar-refractivity contribution in [3.8, 4) is 0 Å². The summed E-state index contributed by atoms with van der Waals surface area (Å²) in [5.74, 6) is 0. The zero-order valence-electron chi connectivity index (χ0n) is 3.39. The second-order valence-corrected chi connectivity index (χ2v) is 0. The quantitative estimate of drug-likeness (QED) is 0.293. The molecule has 0 unspecified atom stereocenters. The van der Waals surface area contributed by atoms with Crippen LogP contribution in [0.5, 0.6) is 0 Å². The molecule has 0 radical (unpaired) electrons. The van der Waals surface area contributed by atoms with Gasteiger partial charge in [0.2, 0.25) is 0 Å². The summed E-state index contributed by atoms with van der Waals surface area (Å²) < 4.78 is 0. The van der Waals surface area contributed by atoms with Crippen molar-refractivity contribution in [2.75, 3.05) is 0 Å². The third-order valence-electron chi connectivity index (χ3n) is 0. The van der Waals surface area contributed by atoms with Gasteiger partial charge in [-0.15, -0.1) is 0 Å². The topological polar surface area (TPSA) is 91.5 Å². The van der Waals surface area contributed by atoms with Gasteiger partial charge in [-0.25, -0.2) is 0 Å². The van der Waals surface area contributed by atoms with Crippen molar-refractivity contribution in [2.45, 2.75) is 0 Å². The molecule has 0 fully saturated rings. The largest absolute Gasteiger partial charge is 1.00 e. The maximum absolute atomic E-state index is 0. The van der Waals surface area contributed by atoms with Gasteiger partial charge in [-0.3, -0.25) is 0 Å². The Morgan fingerprint density at radius 3 is 0.800 bits per heavy atom. The van der Waals surface area contributed by atoms with Crippen LogP contribution in [-0.4, -0.2) is 16.4 Å². The molecule has 0 atom stereocenters. The molecule has 0 saturated heterocycles. The summed E-state index contributed by atoms with van der Waals surface area (Å²) in [5.41, 5.74) is 0. The fraction of sp³-hybridized carbons (Fsp3) is 0. The molecule has 5 heteroatoms. The molecule has 0 amide bonds. The monoisotopic (exact) mass is 114 g/mol. The molecule has 0 saturated carbocycles.